The molecule has 0 aliphatic carbocycles. The molecule has 18 heavy (non-hydrogen) atoms. The molecule has 0 aliphatic heterocycles. The zero-order chi connectivity index (χ0) is 13.9. The van der Waals surface area contributed by atoms with Crippen LogP contribution in [0, 0.1) is 10.1 Å². The van der Waals surface area contributed by atoms with Gasteiger partial charge in [0, 0.05) is 11.6 Å². The molecule has 0 saturated carbocycles. The van der Waals surface area contributed by atoms with Crippen LogP contribution in [0.1, 0.15) is 11.7 Å². The normalized spacial score (nSPS) is 13.7. The summed E-state index contributed by atoms with van der Waals surface area (Å²) in [5, 5.41) is 39.2. The molecule has 3 N–H and O–H groups in total. The number of hydrogen-bond donors (Lipinski definition) is 3. The number of phenols is 1. The molecular formula is C10H11NO7. The van der Waals surface area contributed by atoms with Crippen LogP contribution in [-0.2, 0) is 9.53 Å². The Hall–Kier alpha value is -2.19. The molecule has 0 heterocycles. The van der Waals surface area contributed by atoms with Gasteiger partial charge in [-0.3, -0.25) is 10.1 Å². The number of phenolic OH excluding ortho intramolecular Hbond substituents is 1. The van der Waals surface area contributed by atoms with Gasteiger partial charge in [0.2, 0.25) is 0 Å². The SMILES string of the molecule is COC(=O)C(O)C(O)c1cccc([N+](=O)[O-])c1O. The lowest BCUT2D eigenvalue weighted by Crippen LogP contribution is -2.29. The molecule has 1 aromatic rings. The number of carbonyl (C=O) groups excluding carboxylic acids is 1. The summed E-state index contributed by atoms with van der Waals surface area (Å²) in [4.78, 5) is 20.7. The monoisotopic (exact) mass is 257 g/mol. The van der Waals surface area contributed by atoms with Gasteiger partial charge in [0.1, 0.15) is 6.10 Å². The molecule has 0 fully saturated rings. The van der Waals surface area contributed by atoms with E-state index in [1.54, 1.807) is 0 Å². The number of benzene rings is 1. The molecule has 0 spiro atoms. The van der Waals surface area contributed by atoms with Crippen molar-refractivity contribution in [2.75, 3.05) is 7.11 Å². The number of para-hydroxylation sites is 1. The molecule has 8 heteroatoms. The van der Waals surface area contributed by atoms with E-state index in [2.05, 4.69) is 4.74 Å². The van der Waals surface area contributed by atoms with Gasteiger partial charge in [-0.2, -0.15) is 0 Å². The highest BCUT2D eigenvalue weighted by molar-refractivity contribution is 5.75. The average molecular weight is 257 g/mol. The number of aliphatic hydroxyl groups excluding tert-OH is 2. The Balaban J connectivity index is 3.14. The van der Waals surface area contributed by atoms with E-state index in [1.165, 1.54) is 6.07 Å². The molecule has 0 amide bonds. The fraction of sp³-hybridized carbons (Fsp3) is 0.300. The minimum absolute atomic E-state index is 0.331. The largest absolute Gasteiger partial charge is 0.502 e. The van der Waals surface area contributed by atoms with Crippen LogP contribution in [-0.4, -0.2) is 39.4 Å². The summed E-state index contributed by atoms with van der Waals surface area (Å²) in [5.74, 6) is -1.92. The van der Waals surface area contributed by atoms with Gasteiger partial charge in [-0.05, 0) is 0 Å². The van der Waals surface area contributed by atoms with E-state index >= 15 is 0 Å². The highest BCUT2D eigenvalue weighted by atomic mass is 16.6. The first-order chi connectivity index (χ1) is 8.40. The smallest absolute Gasteiger partial charge is 0.337 e. The number of nitro benzene ring substituents is 1. The van der Waals surface area contributed by atoms with E-state index in [1.807, 2.05) is 0 Å². The van der Waals surface area contributed by atoms with Crippen LogP contribution >= 0.6 is 0 Å². The number of esters is 1. The van der Waals surface area contributed by atoms with Crippen LogP contribution in [0.15, 0.2) is 18.2 Å². The fourth-order valence-electron chi connectivity index (χ4n) is 1.35. The number of hydrogen-bond acceptors (Lipinski definition) is 7. The van der Waals surface area contributed by atoms with Crippen LogP contribution in [0.4, 0.5) is 5.69 Å². The van der Waals surface area contributed by atoms with Crippen molar-refractivity contribution in [1.29, 1.82) is 0 Å². The number of rotatable bonds is 4. The van der Waals surface area contributed by atoms with E-state index in [9.17, 15) is 30.2 Å². The lowest BCUT2D eigenvalue weighted by atomic mass is 10.0. The number of nitro groups is 1. The van der Waals surface area contributed by atoms with Crippen molar-refractivity contribution in [2.24, 2.45) is 0 Å². The van der Waals surface area contributed by atoms with Crippen molar-refractivity contribution in [3.8, 4) is 5.75 Å². The molecule has 1 rings (SSSR count). The average Bonchev–Trinajstić information content (AvgIpc) is 2.36. The maximum absolute atomic E-state index is 11.0. The van der Waals surface area contributed by atoms with Crippen molar-refractivity contribution in [1.82, 2.24) is 0 Å². The summed E-state index contributed by atoms with van der Waals surface area (Å²) in [6.07, 6.45) is -3.76. The van der Waals surface area contributed by atoms with Gasteiger partial charge in [0.25, 0.3) is 0 Å². The number of methoxy groups -OCH3 is 1. The molecule has 2 unspecified atom stereocenters. The van der Waals surface area contributed by atoms with Crippen molar-refractivity contribution >= 4 is 11.7 Å². The molecule has 0 saturated heterocycles. The second-order valence-corrected chi connectivity index (χ2v) is 3.38. The van der Waals surface area contributed by atoms with Gasteiger partial charge in [0.15, 0.2) is 11.9 Å². The number of aliphatic hydroxyl groups is 2. The molecule has 0 aliphatic rings. The molecule has 1 aromatic carbocycles. The number of aromatic hydroxyl groups is 1. The summed E-state index contributed by atoms with van der Waals surface area (Å²) in [6, 6.07) is 3.38. The van der Waals surface area contributed by atoms with E-state index in [0.29, 0.717) is 0 Å². The predicted molar refractivity (Wildman–Crippen MR) is 57.7 cm³/mol. The van der Waals surface area contributed by atoms with Crippen molar-refractivity contribution in [3.05, 3.63) is 33.9 Å². The topological polar surface area (TPSA) is 130 Å². The lowest BCUT2D eigenvalue weighted by Gasteiger charge is -2.16. The zero-order valence-electron chi connectivity index (χ0n) is 9.31. The molecule has 98 valence electrons. The Bertz CT molecular complexity index is 473. The first kappa shape index (κ1) is 13.9. The zero-order valence-corrected chi connectivity index (χ0v) is 9.31. The molecule has 2 atom stereocenters. The van der Waals surface area contributed by atoms with Crippen LogP contribution in [0.3, 0.4) is 0 Å². The Labute approximate surface area is 101 Å². The van der Waals surface area contributed by atoms with E-state index in [0.717, 1.165) is 19.2 Å². The predicted octanol–water partition coefficient (Wildman–Crippen LogP) is -0.132. The van der Waals surface area contributed by atoms with Crippen LogP contribution < -0.4 is 0 Å². The molecule has 0 radical (unpaired) electrons. The van der Waals surface area contributed by atoms with E-state index in [-0.39, 0.29) is 5.56 Å². The fourth-order valence-corrected chi connectivity index (χ4v) is 1.35. The standard InChI is InChI=1S/C10H11NO7/c1-18-10(15)9(14)8(13)5-3-2-4-6(7(5)12)11(16)17/h2-4,8-9,12-14H,1H3. The van der Waals surface area contributed by atoms with Gasteiger partial charge >= 0.3 is 11.7 Å². The minimum atomic E-state index is -1.94. The maximum atomic E-state index is 11.0. The third-order valence-corrected chi connectivity index (χ3v) is 2.30. The summed E-state index contributed by atoms with van der Waals surface area (Å²) >= 11 is 0. The highest BCUT2D eigenvalue weighted by Gasteiger charge is 2.30. The summed E-state index contributed by atoms with van der Waals surface area (Å²) in [7, 11) is 1.01. The van der Waals surface area contributed by atoms with E-state index < -0.39 is 34.5 Å². The molecule has 8 nitrogen and oxygen atoms in total. The Morgan fingerprint density at radius 2 is 2.06 bits per heavy atom. The van der Waals surface area contributed by atoms with Gasteiger partial charge < -0.3 is 20.1 Å². The number of nitrogens with zero attached hydrogens (tertiary/aromatic N) is 1. The highest BCUT2D eigenvalue weighted by Crippen LogP contribution is 2.34. The maximum Gasteiger partial charge on any atom is 0.337 e. The first-order valence-corrected chi connectivity index (χ1v) is 4.80. The summed E-state index contributed by atoms with van der Waals surface area (Å²) in [6.45, 7) is 0. The summed E-state index contributed by atoms with van der Waals surface area (Å²) in [5.41, 5.74) is -0.967. The van der Waals surface area contributed by atoms with Gasteiger partial charge in [-0.1, -0.05) is 12.1 Å². The van der Waals surface area contributed by atoms with Crippen molar-refractivity contribution in [3.63, 3.8) is 0 Å². The number of ether oxygens (including phenoxy) is 1. The number of carbonyl (C=O) groups is 1. The summed E-state index contributed by atoms with van der Waals surface area (Å²) < 4.78 is 4.21. The molecule has 0 aromatic heterocycles. The van der Waals surface area contributed by atoms with Crippen molar-refractivity contribution < 1.29 is 29.8 Å². The third-order valence-electron chi connectivity index (χ3n) is 2.30. The van der Waals surface area contributed by atoms with E-state index in [4.69, 9.17) is 0 Å². The van der Waals surface area contributed by atoms with Crippen LogP contribution in [0.25, 0.3) is 0 Å². The minimum Gasteiger partial charge on any atom is -0.502 e. The van der Waals surface area contributed by atoms with Crippen molar-refractivity contribution in [2.45, 2.75) is 12.2 Å². The molecule has 0 bridgehead atoms. The Morgan fingerprint density at radius 1 is 1.44 bits per heavy atom. The Morgan fingerprint density at radius 3 is 2.56 bits per heavy atom. The molecular weight excluding hydrogens is 246 g/mol. The lowest BCUT2D eigenvalue weighted by molar-refractivity contribution is -0.386. The van der Waals surface area contributed by atoms with Crippen LogP contribution in [0.5, 0.6) is 5.75 Å². The second kappa shape index (κ2) is 5.43. The Kier molecular flexibility index (Phi) is 4.18. The van der Waals surface area contributed by atoms with Gasteiger partial charge in [-0.15, -0.1) is 0 Å². The first-order valence-electron chi connectivity index (χ1n) is 4.80. The second-order valence-electron chi connectivity index (χ2n) is 3.38. The van der Waals surface area contributed by atoms with Gasteiger partial charge in [-0.25, -0.2) is 4.79 Å². The van der Waals surface area contributed by atoms with Gasteiger partial charge in [0.05, 0.1) is 12.0 Å². The quantitative estimate of drug-likeness (QED) is 0.389. The third kappa shape index (κ3) is 2.55. The van der Waals surface area contributed by atoms with Crippen LogP contribution in [0.2, 0.25) is 0 Å².